The molecule has 1 amide bonds. The number of para-hydroxylation sites is 1. The van der Waals surface area contributed by atoms with E-state index in [-0.39, 0.29) is 47.2 Å². The van der Waals surface area contributed by atoms with Crippen LogP contribution in [-0.2, 0) is 0 Å². The Hall–Kier alpha value is -2.27. The molecule has 1 aromatic heterocycles. The molecular formula is C22H32IN5O3. The summed E-state index contributed by atoms with van der Waals surface area (Å²) < 4.78 is 5.66. The van der Waals surface area contributed by atoms with Crippen LogP contribution < -0.4 is 16.0 Å². The van der Waals surface area contributed by atoms with Gasteiger partial charge < -0.3 is 25.5 Å². The molecule has 170 valence electrons. The third kappa shape index (κ3) is 7.42. The van der Waals surface area contributed by atoms with Crippen molar-refractivity contribution in [2.24, 2.45) is 4.99 Å². The minimum atomic E-state index is -0.302. The van der Waals surface area contributed by atoms with Gasteiger partial charge in [-0.1, -0.05) is 12.1 Å². The van der Waals surface area contributed by atoms with Crippen LogP contribution in [0.4, 0.5) is 0 Å². The van der Waals surface area contributed by atoms with Gasteiger partial charge in [-0.05, 0) is 57.1 Å². The Kier molecular flexibility index (Phi) is 10.6. The average molecular weight is 541 g/mol. The second kappa shape index (κ2) is 13.2. The van der Waals surface area contributed by atoms with E-state index in [2.05, 4.69) is 20.9 Å². The average Bonchev–Trinajstić information content (AvgIpc) is 3.46. The Labute approximate surface area is 200 Å². The largest absolute Gasteiger partial charge is 0.507 e. The molecule has 4 N–H and O–H groups in total. The predicted octanol–water partition coefficient (Wildman–Crippen LogP) is 2.73. The topological polar surface area (TPSA) is 102 Å². The number of likely N-dealkylation sites (tertiary alicyclic amines) is 1. The van der Waals surface area contributed by atoms with Crippen LogP contribution >= 0.6 is 24.0 Å². The van der Waals surface area contributed by atoms with Crippen LogP contribution in [0.25, 0.3) is 0 Å². The van der Waals surface area contributed by atoms with Gasteiger partial charge >= 0.3 is 0 Å². The Balaban J connectivity index is 0.00000341. The fraction of sp³-hybridized carbons (Fsp3) is 0.455. The van der Waals surface area contributed by atoms with Crippen molar-refractivity contribution in [2.75, 3.05) is 39.3 Å². The van der Waals surface area contributed by atoms with Gasteiger partial charge in [-0.15, -0.1) is 24.0 Å². The van der Waals surface area contributed by atoms with E-state index in [4.69, 9.17) is 9.41 Å². The molecule has 3 rings (SSSR count). The number of carbonyl (C=O) groups excluding carboxylic acids is 1. The van der Waals surface area contributed by atoms with Gasteiger partial charge in [0.05, 0.1) is 24.4 Å². The molecule has 2 aromatic rings. The minimum absolute atomic E-state index is 0. The van der Waals surface area contributed by atoms with Crippen molar-refractivity contribution in [3.8, 4) is 5.75 Å². The summed E-state index contributed by atoms with van der Waals surface area (Å²) in [6.07, 6.45) is 4.12. The standard InChI is InChI=1S/C22H31N5O3.HI/c1-2-23-22(25-12-11-24-21(29)17-8-3-4-9-19(17)28)26-16-18(20-10-7-15-30-20)27-13-5-6-14-27;/h3-4,7-10,15,18,28H,2,5-6,11-14,16H2,1H3,(H,24,29)(H2,23,25,26);1H. The Bertz CT molecular complexity index is 822. The van der Waals surface area contributed by atoms with Gasteiger partial charge in [0.2, 0.25) is 0 Å². The van der Waals surface area contributed by atoms with Gasteiger partial charge in [-0.3, -0.25) is 14.7 Å². The summed E-state index contributed by atoms with van der Waals surface area (Å²) in [7, 11) is 0. The molecule has 0 aliphatic carbocycles. The van der Waals surface area contributed by atoms with Gasteiger partial charge in [0.1, 0.15) is 11.5 Å². The quantitative estimate of drug-likeness (QED) is 0.169. The molecule has 1 aromatic carbocycles. The molecule has 1 atom stereocenters. The molecule has 1 fully saturated rings. The third-order valence-electron chi connectivity index (χ3n) is 5.07. The smallest absolute Gasteiger partial charge is 0.255 e. The number of hydrogen-bond acceptors (Lipinski definition) is 5. The molecule has 1 aliphatic rings. The monoisotopic (exact) mass is 541 g/mol. The van der Waals surface area contributed by atoms with E-state index >= 15 is 0 Å². The van der Waals surface area contributed by atoms with Gasteiger partial charge in [-0.25, -0.2) is 0 Å². The SMILES string of the molecule is CCNC(=NCC(c1ccco1)N1CCCC1)NCCNC(=O)c1ccccc1O.I. The molecule has 1 unspecified atom stereocenters. The minimum Gasteiger partial charge on any atom is -0.507 e. The highest BCUT2D eigenvalue weighted by Crippen LogP contribution is 2.25. The number of benzene rings is 1. The molecule has 0 bridgehead atoms. The lowest BCUT2D eigenvalue weighted by Crippen LogP contribution is -2.42. The fourth-order valence-electron chi connectivity index (χ4n) is 3.56. The number of guanidine groups is 1. The number of furan rings is 1. The second-order valence-electron chi connectivity index (χ2n) is 7.19. The highest BCUT2D eigenvalue weighted by molar-refractivity contribution is 14.0. The highest BCUT2D eigenvalue weighted by atomic mass is 127. The molecule has 2 heterocycles. The van der Waals surface area contributed by atoms with Crippen LogP contribution in [-0.4, -0.2) is 61.1 Å². The maximum Gasteiger partial charge on any atom is 0.255 e. The van der Waals surface area contributed by atoms with Crippen molar-refractivity contribution in [3.63, 3.8) is 0 Å². The number of phenols is 1. The second-order valence-corrected chi connectivity index (χ2v) is 7.19. The molecule has 0 saturated carbocycles. The van der Waals surface area contributed by atoms with E-state index < -0.39 is 0 Å². The number of nitrogens with one attached hydrogen (secondary N) is 3. The summed E-state index contributed by atoms with van der Waals surface area (Å²) in [5.74, 6) is 1.31. The van der Waals surface area contributed by atoms with Crippen LogP contribution in [0.3, 0.4) is 0 Å². The maximum absolute atomic E-state index is 12.2. The van der Waals surface area contributed by atoms with Gasteiger partial charge in [-0.2, -0.15) is 0 Å². The van der Waals surface area contributed by atoms with Crippen molar-refractivity contribution >= 4 is 35.8 Å². The Morgan fingerprint density at radius 2 is 1.87 bits per heavy atom. The summed E-state index contributed by atoms with van der Waals surface area (Å²) >= 11 is 0. The van der Waals surface area contributed by atoms with E-state index in [0.29, 0.717) is 25.6 Å². The van der Waals surface area contributed by atoms with Crippen LogP contribution in [0.5, 0.6) is 5.75 Å². The van der Waals surface area contributed by atoms with Crippen LogP contribution in [0.15, 0.2) is 52.1 Å². The Morgan fingerprint density at radius 3 is 2.55 bits per heavy atom. The van der Waals surface area contributed by atoms with E-state index in [0.717, 1.165) is 25.4 Å². The lowest BCUT2D eigenvalue weighted by Gasteiger charge is -2.24. The van der Waals surface area contributed by atoms with Crippen molar-refractivity contribution in [2.45, 2.75) is 25.8 Å². The Morgan fingerprint density at radius 1 is 1.13 bits per heavy atom. The summed E-state index contributed by atoms with van der Waals surface area (Å²) in [4.78, 5) is 19.3. The van der Waals surface area contributed by atoms with Gasteiger partial charge in [0.25, 0.3) is 5.91 Å². The van der Waals surface area contributed by atoms with Crippen LogP contribution in [0.2, 0.25) is 0 Å². The molecule has 8 nitrogen and oxygen atoms in total. The van der Waals surface area contributed by atoms with Gasteiger partial charge in [0, 0.05) is 19.6 Å². The zero-order valence-electron chi connectivity index (χ0n) is 17.8. The van der Waals surface area contributed by atoms with E-state index in [1.165, 1.54) is 18.9 Å². The van der Waals surface area contributed by atoms with Gasteiger partial charge in [0.15, 0.2) is 5.96 Å². The van der Waals surface area contributed by atoms with E-state index in [9.17, 15) is 9.90 Å². The summed E-state index contributed by atoms with van der Waals surface area (Å²) in [5, 5.41) is 19.1. The van der Waals surface area contributed by atoms with Crippen molar-refractivity contribution < 1.29 is 14.3 Å². The normalized spacial score (nSPS) is 15.2. The first-order valence-electron chi connectivity index (χ1n) is 10.5. The molecule has 0 spiro atoms. The lowest BCUT2D eigenvalue weighted by molar-refractivity contribution is 0.0951. The van der Waals surface area contributed by atoms with Crippen molar-refractivity contribution in [1.29, 1.82) is 0 Å². The number of nitrogens with zero attached hydrogens (tertiary/aromatic N) is 2. The first-order chi connectivity index (χ1) is 14.7. The zero-order chi connectivity index (χ0) is 21.2. The number of hydrogen-bond donors (Lipinski definition) is 4. The van der Waals surface area contributed by atoms with E-state index in [1.807, 2.05) is 19.1 Å². The molecule has 1 saturated heterocycles. The van der Waals surface area contributed by atoms with Crippen LogP contribution in [0.1, 0.15) is 41.9 Å². The molecule has 0 radical (unpaired) electrons. The summed E-state index contributed by atoms with van der Waals surface area (Å²) in [5.41, 5.74) is 0.268. The maximum atomic E-state index is 12.2. The first kappa shape index (κ1) is 25.0. The van der Waals surface area contributed by atoms with Crippen LogP contribution in [0, 0.1) is 0 Å². The first-order valence-corrected chi connectivity index (χ1v) is 10.5. The number of amides is 1. The summed E-state index contributed by atoms with van der Waals surface area (Å²) in [6, 6.07) is 10.5. The van der Waals surface area contributed by atoms with Crippen molar-refractivity contribution in [3.05, 3.63) is 54.0 Å². The predicted molar refractivity (Wildman–Crippen MR) is 132 cm³/mol. The lowest BCUT2D eigenvalue weighted by atomic mass is 10.2. The number of rotatable bonds is 9. The highest BCUT2D eigenvalue weighted by Gasteiger charge is 2.25. The van der Waals surface area contributed by atoms with Crippen molar-refractivity contribution in [1.82, 2.24) is 20.9 Å². The number of phenolic OH excluding ortho intramolecular Hbond substituents is 1. The molecular weight excluding hydrogens is 509 g/mol. The fourth-order valence-corrected chi connectivity index (χ4v) is 3.56. The third-order valence-corrected chi connectivity index (χ3v) is 5.07. The van der Waals surface area contributed by atoms with E-state index in [1.54, 1.807) is 24.5 Å². The summed E-state index contributed by atoms with van der Waals surface area (Å²) in [6.45, 7) is 6.39. The number of aliphatic imine (C=N–C) groups is 1. The molecule has 9 heteroatoms. The number of halogens is 1. The zero-order valence-corrected chi connectivity index (χ0v) is 20.2. The number of carbonyl (C=O) groups is 1. The molecule has 1 aliphatic heterocycles. The molecule has 31 heavy (non-hydrogen) atoms. The number of aromatic hydroxyl groups is 1.